The van der Waals surface area contributed by atoms with Gasteiger partial charge in [0.1, 0.15) is 40.6 Å². The number of hydrogen-bond acceptors (Lipinski definition) is 8. The molecule has 0 amide bonds. The Morgan fingerprint density at radius 1 is 1.20 bits per heavy atom. The first-order chi connectivity index (χ1) is 14.2. The van der Waals surface area contributed by atoms with E-state index in [9.17, 15) is 19.0 Å². The second-order valence-corrected chi connectivity index (χ2v) is 8.91. The minimum absolute atomic E-state index is 0.00827. The van der Waals surface area contributed by atoms with Gasteiger partial charge in [0.05, 0.1) is 18.7 Å². The number of likely N-dealkylation sites (N-methyl/N-ethyl adjacent to an activating group) is 1. The smallest absolute Gasteiger partial charge is 0.335 e. The quantitative estimate of drug-likeness (QED) is 0.589. The largest absolute Gasteiger partial charge is 0.490 e. The van der Waals surface area contributed by atoms with Crippen molar-refractivity contribution in [2.45, 2.75) is 17.9 Å². The predicted molar refractivity (Wildman–Crippen MR) is 111 cm³/mol. The van der Waals surface area contributed by atoms with Gasteiger partial charge in [0, 0.05) is 26.3 Å². The molecule has 1 heterocycles. The summed E-state index contributed by atoms with van der Waals surface area (Å²) in [7, 11) is 0.0165. The number of fused-ring (bicyclic) bond motifs is 1. The highest BCUT2D eigenvalue weighted by Crippen LogP contribution is 2.56. The first-order valence-electron chi connectivity index (χ1n) is 9.19. The summed E-state index contributed by atoms with van der Waals surface area (Å²) < 4.78 is 44.6. The maximum Gasteiger partial charge on any atom is 0.335 e. The Balaban J connectivity index is 1.89. The van der Waals surface area contributed by atoms with Crippen molar-refractivity contribution in [2.75, 3.05) is 33.9 Å². The Kier molecular flexibility index (Phi) is 6.74. The Morgan fingerprint density at radius 3 is 2.63 bits per heavy atom. The van der Waals surface area contributed by atoms with Gasteiger partial charge in [-0.2, -0.15) is 0 Å². The molecule has 2 aromatic rings. The van der Waals surface area contributed by atoms with Crippen molar-refractivity contribution in [1.82, 2.24) is 4.31 Å². The summed E-state index contributed by atoms with van der Waals surface area (Å²) in [4.78, 5) is 11.8. The number of nitrogens with zero attached hydrogens (tertiary/aromatic N) is 1. The molecule has 0 spiro atoms. The minimum atomic E-state index is -3.15. The van der Waals surface area contributed by atoms with Crippen LogP contribution >= 0.6 is 10.8 Å². The molecule has 0 aromatic heterocycles. The van der Waals surface area contributed by atoms with Gasteiger partial charge in [0.2, 0.25) is 0 Å². The molecule has 0 saturated carbocycles. The van der Waals surface area contributed by atoms with Crippen LogP contribution in [-0.4, -0.2) is 64.5 Å². The van der Waals surface area contributed by atoms with Crippen molar-refractivity contribution >= 4 is 16.7 Å². The van der Waals surface area contributed by atoms with Gasteiger partial charge in [0.15, 0.2) is 0 Å². The van der Waals surface area contributed by atoms with Gasteiger partial charge < -0.3 is 24.1 Å². The first-order valence-corrected chi connectivity index (χ1v) is 10.7. The van der Waals surface area contributed by atoms with Crippen molar-refractivity contribution in [1.29, 1.82) is 0 Å². The molecule has 2 aromatic carbocycles. The molecule has 1 aliphatic heterocycles. The molecule has 0 fully saturated rings. The molecular weight excluding hydrogens is 414 g/mol. The molecule has 30 heavy (non-hydrogen) atoms. The average molecular weight is 439 g/mol. The molecule has 0 radical (unpaired) electrons. The molecule has 164 valence electrons. The molecule has 0 bridgehead atoms. The first kappa shape index (κ1) is 22.2. The van der Waals surface area contributed by atoms with Crippen LogP contribution in [0.2, 0.25) is 0 Å². The van der Waals surface area contributed by atoms with Gasteiger partial charge in [-0.15, -0.1) is 10.8 Å². The van der Waals surface area contributed by atoms with Gasteiger partial charge in [-0.05, 0) is 31.2 Å². The van der Waals surface area contributed by atoms with E-state index in [1.54, 1.807) is 39.3 Å². The Labute approximate surface area is 176 Å². The van der Waals surface area contributed by atoms with E-state index < -0.39 is 16.7 Å². The zero-order valence-corrected chi connectivity index (χ0v) is 17.7. The molecule has 3 rings (SSSR count). The predicted octanol–water partition coefficient (Wildman–Crippen LogP) is 3.94. The van der Waals surface area contributed by atoms with E-state index in [1.165, 1.54) is 22.5 Å². The molecule has 3 N–H and O–H groups in total. The van der Waals surface area contributed by atoms with Crippen LogP contribution in [-0.2, 0) is 4.74 Å². The third-order valence-electron chi connectivity index (χ3n) is 4.41. The van der Waals surface area contributed by atoms with Crippen LogP contribution in [0, 0.1) is 0 Å². The van der Waals surface area contributed by atoms with Crippen LogP contribution in [0.3, 0.4) is 0 Å². The van der Waals surface area contributed by atoms with Crippen molar-refractivity contribution in [3.05, 3.63) is 42.0 Å². The van der Waals surface area contributed by atoms with E-state index in [-0.39, 0.29) is 28.9 Å². The third-order valence-corrected chi connectivity index (χ3v) is 6.39. The molecular formula is C20H25NO8S. The molecule has 10 heteroatoms. The number of benzene rings is 2. The highest BCUT2D eigenvalue weighted by atomic mass is 32.3. The highest BCUT2D eigenvalue weighted by Gasteiger charge is 2.29. The van der Waals surface area contributed by atoms with Crippen LogP contribution in [0.25, 0.3) is 0 Å². The van der Waals surface area contributed by atoms with Crippen LogP contribution < -0.4 is 14.2 Å². The van der Waals surface area contributed by atoms with Crippen LogP contribution in [0.15, 0.2) is 41.3 Å². The lowest BCUT2D eigenvalue weighted by atomic mass is 10.2. The van der Waals surface area contributed by atoms with E-state index in [0.29, 0.717) is 30.4 Å². The van der Waals surface area contributed by atoms with Crippen molar-refractivity contribution in [3.8, 4) is 23.0 Å². The second-order valence-electron chi connectivity index (χ2n) is 6.81. The summed E-state index contributed by atoms with van der Waals surface area (Å²) >= 11 is 0. The summed E-state index contributed by atoms with van der Waals surface area (Å²) in [6, 6.07) is 9.01. The number of methoxy groups -OCH3 is 1. The standard InChI is InChI=1S/C20H25NO8S/c1-13(12-26-3)28-16-8-14(20(22)23)9-17(10-16)29-15-4-5-19-18(11-15)27-7-6-21(2)30(19,24)25/h4-5,8-11,13,24-25H,6-7,12H2,1-3H3,(H,22,23)/t13-/m0/s1. The average Bonchev–Trinajstić information content (AvgIpc) is 2.78. The van der Waals surface area contributed by atoms with E-state index in [0.717, 1.165) is 0 Å². The number of carbonyl (C=O) groups is 1. The zero-order chi connectivity index (χ0) is 21.9. The van der Waals surface area contributed by atoms with Gasteiger partial charge in [-0.25, -0.2) is 9.10 Å². The molecule has 1 aliphatic rings. The number of rotatable bonds is 7. The van der Waals surface area contributed by atoms with E-state index >= 15 is 0 Å². The second kappa shape index (κ2) is 9.11. The molecule has 0 aliphatic carbocycles. The summed E-state index contributed by atoms with van der Waals surface area (Å²) in [6.07, 6.45) is -0.282. The summed E-state index contributed by atoms with van der Waals surface area (Å²) in [5.74, 6) is 0.123. The third kappa shape index (κ3) is 4.97. The monoisotopic (exact) mass is 439 g/mol. The van der Waals surface area contributed by atoms with Gasteiger partial charge in [-0.1, -0.05) is 0 Å². The lowest BCUT2D eigenvalue weighted by Crippen LogP contribution is -2.25. The van der Waals surface area contributed by atoms with Crippen LogP contribution in [0.1, 0.15) is 17.3 Å². The van der Waals surface area contributed by atoms with Crippen molar-refractivity contribution < 1.29 is 38.0 Å². The van der Waals surface area contributed by atoms with Crippen LogP contribution in [0.4, 0.5) is 0 Å². The van der Waals surface area contributed by atoms with Gasteiger partial charge in [0.25, 0.3) is 0 Å². The topological polar surface area (TPSA) is 118 Å². The molecule has 0 saturated heterocycles. The fourth-order valence-electron chi connectivity index (χ4n) is 2.93. The lowest BCUT2D eigenvalue weighted by molar-refractivity contribution is 0.0693. The fraction of sp³-hybridized carbons (Fsp3) is 0.350. The number of aromatic carboxylic acids is 1. The highest BCUT2D eigenvalue weighted by molar-refractivity contribution is 8.22. The minimum Gasteiger partial charge on any atom is -0.490 e. The van der Waals surface area contributed by atoms with Crippen LogP contribution in [0.5, 0.6) is 23.0 Å². The Bertz CT molecular complexity index is 920. The normalized spacial score (nSPS) is 17.8. The molecule has 0 unspecified atom stereocenters. The molecule has 1 atom stereocenters. The Morgan fingerprint density at radius 2 is 1.93 bits per heavy atom. The van der Waals surface area contributed by atoms with Crippen molar-refractivity contribution in [3.63, 3.8) is 0 Å². The van der Waals surface area contributed by atoms with E-state index in [1.807, 2.05) is 0 Å². The summed E-state index contributed by atoms with van der Waals surface area (Å²) in [5, 5.41) is 9.40. The fourth-order valence-corrected chi connectivity index (χ4v) is 4.23. The number of carboxylic acid groups (broad SMARTS) is 1. The maximum absolute atomic E-state index is 11.5. The SMILES string of the molecule is COC[C@H](C)Oc1cc(Oc2ccc3c(c2)OCCN(C)S3(O)O)cc(C(=O)O)c1. The van der Waals surface area contributed by atoms with E-state index in [2.05, 4.69) is 0 Å². The zero-order valence-electron chi connectivity index (χ0n) is 16.9. The number of carboxylic acids is 1. The van der Waals surface area contributed by atoms with Gasteiger partial charge in [-0.3, -0.25) is 9.11 Å². The maximum atomic E-state index is 11.5. The summed E-state index contributed by atoms with van der Waals surface area (Å²) in [6.45, 7) is 2.79. The summed E-state index contributed by atoms with van der Waals surface area (Å²) in [5.41, 5.74) is 0.00827. The van der Waals surface area contributed by atoms with Crippen molar-refractivity contribution in [2.24, 2.45) is 0 Å². The van der Waals surface area contributed by atoms with E-state index in [4.69, 9.17) is 18.9 Å². The Hall–Kier alpha value is -2.50. The number of hydrogen-bond donors (Lipinski definition) is 3. The number of ether oxygens (including phenoxy) is 4. The van der Waals surface area contributed by atoms with Gasteiger partial charge >= 0.3 is 5.97 Å². The lowest BCUT2D eigenvalue weighted by Gasteiger charge is -2.38. The molecule has 9 nitrogen and oxygen atoms in total.